The lowest BCUT2D eigenvalue weighted by molar-refractivity contribution is -0.117. The number of Topliss-reactive ketones (excluding diaryl/α,β-unsaturated/α-hetero) is 2. The van der Waals surface area contributed by atoms with Crippen molar-refractivity contribution < 1.29 is 23.9 Å². The molecule has 0 bridgehead atoms. The van der Waals surface area contributed by atoms with Crippen LogP contribution in [-0.4, -0.2) is 17.5 Å². The molecule has 0 fully saturated rings. The van der Waals surface area contributed by atoms with Gasteiger partial charge in [-0.25, -0.2) is 4.79 Å². The number of carbonyl (C=O) groups is 3. The van der Waals surface area contributed by atoms with Crippen LogP contribution >= 0.6 is 15.9 Å². The number of esters is 1. The zero-order chi connectivity index (χ0) is 22.2. The van der Waals surface area contributed by atoms with Crippen LogP contribution in [0.4, 0.5) is 0 Å². The number of ether oxygens (including phenoxy) is 2. The Morgan fingerprint density at radius 3 is 2.09 bits per heavy atom. The highest BCUT2D eigenvalue weighted by atomic mass is 79.9. The topological polar surface area (TPSA) is 69.7 Å². The van der Waals surface area contributed by atoms with Crippen molar-refractivity contribution in [2.75, 3.05) is 0 Å². The fraction of sp³-hybridized carbons (Fsp3) is 0.269. The summed E-state index contributed by atoms with van der Waals surface area (Å²) in [5, 5.41) is 0. The molecule has 0 saturated heterocycles. The van der Waals surface area contributed by atoms with Crippen LogP contribution in [0, 0.1) is 0 Å². The molecule has 32 heavy (non-hydrogen) atoms. The van der Waals surface area contributed by atoms with E-state index < -0.39 is 11.9 Å². The van der Waals surface area contributed by atoms with Gasteiger partial charge in [-0.2, -0.15) is 0 Å². The van der Waals surface area contributed by atoms with Crippen LogP contribution in [0.2, 0.25) is 0 Å². The zero-order valence-corrected chi connectivity index (χ0v) is 18.9. The molecule has 0 N–H and O–H groups in total. The first-order valence-electron chi connectivity index (χ1n) is 10.8. The standard InChI is InChI=1S/C26H21BrO5/c27-17-5-1-4-16(14-17)26(30)31-18-12-10-15(11-13-18)23-24-19(28)6-2-8-21(24)32-22-9-3-7-20(29)25(22)23/h1,4-5,10-14,23H,2-3,6-9H2. The summed E-state index contributed by atoms with van der Waals surface area (Å²) >= 11 is 3.35. The van der Waals surface area contributed by atoms with Gasteiger partial charge in [0.05, 0.1) is 5.56 Å². The molecular formula is C26H21BrO5. The third-order valence-corrected chi connectivity index (χ3v) is 6.62. The second-order valence-electron chi connectivity index (χ2n) is 8.23. The van der Waals surface area contributed by atoms with E-state index in [9.17, 15) is 14.4 Å². The summed E-state index contributed by atoms with van der Waals surface area (Å²) < 4.78 is 12.4. The first-order chi connectivity index (χ1) is 15.5. The molecule has 0 atom stereocenters. The van der Waals surface area contributed by atoms with E-state index >= 15 is 0 Å². The fourth-order valence-corrected chi connectivity index (χ4v) is 5.06. The first kappa shape index (κ1) is 20.9. The highest BCUT2D eigenvalue weighted by Gasteiger charge is 2.41. The summed E-state index contributed by atoms with van der Waals surface area (Å²) in [4.78, 5) is 38.1. The Labute approximate surface area is 194 Å². The molecule has 2 aliphatic carbocycles. The van der Waals surface area contributed by atoms with E-state index in [1.807, 2.05) is 18.2 Å². The number of ketones is 2. The molecule has 6 heteroatoms. The summed E-state index contributed by atoms with van der Waals surface area (Å²) in [6, 6.07) is 14.1. The monoisotopic (exact) mass is 492 g/mol. The first-order valence-corrected chi connectivity index (χ1v) is 11.6. The van der Waals surface area contributed by atoms with Crippen LogP contribution in [0.5, 0.6) is 5.75 Å². The van der Waals surface area contributed by atoms with Crippen molar-refractivity contribution in [3.8, 4) is 5.75 Å². The molecule has 0 radical (unpaired) electrons. The highest BCUT2D eigenvalue weighted by Crippen LogP contribution is 2.47. The molecule has 5 rings (SSSR count). The number of halogens is 1. The Morgan fingerprint density at radius 2 is 1.50 bits per heavy atom. The van der Waals surface area contributed by atoms with E-state index in [4.69, 9.17) is 9.47 Å². The van der Waals surface area contributed by atoms with Crippen molar-refractivity contribution in [3.63, 3.8) is 0 Å². The molecule has 2 aromatic carbocycles. The predicted molar refractivity (Wildman–Crippen MR) is 121 cm³/mol. The molecule has 1 heterocycles. The highest BCUT2D eigenvalue weighted by molar-refractivity contribution is 9.10. The van der Waals surface area contributed by atoms with Gasteiger partial charge >= 0.3 is 5.97 Å². The van der Waals surface area contributed by atoms with Crippen LogP contribution in [0.1, 0.15) is 60.4 Å². The Morgan fingerprint density at radius 1 is 0.875 bits per heavy atom. The van der Waals surface area contributed by atoms with Crippen molar-refractivity contribution in [1.82, 2.24) is 0 Å². The van der Waals surface area contributed by atoms with E-state index in [1.54, 1.807) is 30.3 Å². The van der Waals surface area contributed by atoms with Gasteiger partial charge in [-0.3, -0.25) is 9.59 Å². The van der Waals surface area contributed by atoms with Crippen LogP contribution in [0.3, 0.4) is 0 Å². The lowest BCUT2D eigenvalue weighted by Crippen LogP contribution is -2.30. The molecule has 5 nitrogen and oxygen atoms in total. The lowest BCUT2D eigenvalue weighted by Gasteiger charge is -2.36. The number of rotatable bonds is 3. The summed E-state index contributed by atoms with van der Waals surface area (Å²) in [5.74, 6) is 1.06. The van der Waals surface area contributed by atoms with Gasteiger partial charge in [-0.05, 0) is 48.7 Å². The molecule has 0 spiro atoms. The maximum absolute atomic E-state index is 12.8. The Hall–Kier alpha value is -2.99. The minimum absolute atomic E-state index is 0.0475. The van der Waals surface area contributed by atoms with Crippen molar-refractivity contribution in [2.24, 2.45) is 0 Å². The van der Waals surface area contributed by atoms with Crippen molar-refractivity contribution in [1.29, 1.82) is 0 Å². The minimum Gasteiger partial charge on any atom is -0.465 e. The summed E-state index contributed by atoms with van der Waals surface area (Å²) in [7, 11) is 0. The molecule has 0 unspecified atom stereocenters. The van der Waals surface area contributed by atoms with Crippen LogP contribution in [0.15, 0.2) is 75.7 Å². The maximum atomic E-state index is 12.8. The number of carbonyl (C=O) groups excluding carboxylic acids is 3. The quantitative estimate of drug-likeness (QED) is 0.400. The van der Waals surface area contributed by atoms with Crippen molar-refractivity contribution in [3.05, 3.63) is 86.8 Å². The molecule has 3 aliphatic rings. The van der Waals surface area contributed by atoms with E-state index in [1.165, 1.54) is 0 Å². The van der Waals surface area contributed by atoms with Gasteiger partial charge in [0.1, 0.15) is 17.3 Å². The van der Waals surface area contributed by atoms with E-state index in [2.05, 4.69) is 15.9 Å². The maximum Gasteiger partial charge on any atom is 0.343 e. The molecule has 0 saturated carbocycles. The second-order valence-corrected chi connectivity index (χ2v) is 9.15. The van der Waals surface area contributed by atoms with E-state index in [0.29, 0.717) is 59.7 Å². The Balaban J connectivity index is 1.47. The minimum atomic E-state index is -0.454. The normalized spacial score (nSPS) is 18.8. The van der Waals surface area contributed by atoms with Gasteiger partial charge in [0, 0.05) is 47.2 Å². The third kappa shape index (κ3) is 3.84. The number of hydrogen-bond donors (Lipinski definition) is 0. The molecule has 162 valence electrons. The molecule has 2 aromatic rings. The molecular weight excluding hydrogens is 472 g/mol. The summed E-state index contributed by atoms with van der Waals surface area (Å²) in [6.45, 7) is 0. The van der Waals surface area contributed by atoms with Crippen molar-refractivity contribution >= 4 is 33.5 Å². The average molecular weight is 493 g/mol. The van der Waals surface area contributed by atoms with Crippen LogP contribution < -0.4 is 4.74 Å². The third-order valence-electron chi connectivity index (χ3n) is 6.13. The van der Waals surface area contributed by atoms with Crippen LogP contribution in [0.25, 0.3) is 0 Å². The van der Waals surface area contributed by atoms with Gasteiger partial charge < -0.3 is 9.47 Å². The van der Waals surface area contributed by atoms with Crippen LogP contribution in [-0.2, 0) is 14.3 Å². The Kier molecular flexibility index (Phi) is 5.55. The SMILES string of the molecule is O=C1CCCC2=C1C(c1ccc(OC(=O)c3cccc(Br)c3)cc1)C1=C(CCCC1=O)O2. The number of hydrogen-bond acceptors (Lipinski definition) is 5. The van der Waals surface area contributed by atoms with Gasteiger partial charge in [0.15, 0.2) is 11.6 Å². The lowest BCUT2D eigenvalue weighted by atomic mass is 9.73. The Bertz CT molecular complexity index is 1150. The molecule has 1 aliphatic heterocycles. The molecule has 0 aromatic heterocycles. The largest absolute Gasteiger partial charge is 0.465 e. The number of benzene rings is 2. The second kappa shape index (κ2) is 8.51. The fourth-order valence-electron chi connectivity index (χ4n) is 4.66. The summed E-state index contributed by atoms with van der Waals surface area (Å²) in [5.41, 5.74) is 2.51. The predicted octanol–water partition coefficient (Wildman–Crippen LogP) is 5.80. The zero-order valence-electron chi connectivity index (χ0n) is 17.4. The van der Waals surface area contributed by atoms with E-state index in [-0.39, 0.29) is 11.6 Å². The van der Waals surface area contributed by atoms with Gasteiger partial charge in [0.2, 0.25) is 0 Å². The van der Waals surface area contributed by atoms with Crippen molar-refractivity contribution in [2.45, 2.75) is 44.4 Å². The molecule has 0 amide bonds. The smallest absolute Gasteiger partial charge is 0.343 e. The van der Waals surface area contributed by atoms with Gasteiger partial charge in [-0.15, -0.1) is 0 Å². The van der Waals surface area contributed by atoms with Gasteiger partial charge in [-0.1, -0.05) is 34.1 Å². The number of allylic oxidation sites excluding steroid dienone is 4. The van der Waals surface area contributed by atoms with Gasteiger partial charge in [0.25, 0.3) is 0 Å². The van der Waals surface area contributed by atoms with E-state index in [0.717, 1.165) is 22.9 Å². The summed E-state index contributed by atoms with van der Waals surface area (Å²) in [6.07, 6.45) is 3.91. The average Bonchev–Trinajstić information content (AvgIpc) is 2.79.